The summed E-state index contributed by atoms with van der Waals surface area (Å²) in [6.45, 7) is 12.3. The molecule has 146 valence electrons. The average molecular weight is 359 g/mol. The molecule has 1 saturated heterocycles. The number of hydrogen-bond acceptors (Lipinski definition) is 5. The number of nitrogens with zero attached hydrogens (tertiary/aromatic N) is 2. The van der Waals surface area contributed by atoms with Gasteiger partial charge in [0.05, 0.1) is 6.54 Å². The Labute approximate surface area is 150 Å². The highest BCUT2D eigenvalue weighted by Crippen LogP contribution is 2.15. The van der Waals surface area contributed by atoms with Crippen LogP contribution in [-0.4, -0.2) is 83.2 Å². The van der Waals surface area contributed by atoms with E-state index in [0.29, 0.717) is 12.6 Å². The molecule has 1 atom stereocenters. The van der Waals surface area contributed by atoms with Gasteiger partial charge in [-0.1, -0.05) is 13.8 Å². The monoisotopic (exact) mass is 359 g/mol. The Morgan fingerprint density at radius 1 is 1.12 bits per heavy atom. The van der Waals surface area contributed by atoms with Crippen LogP contribution in [0, 0.1) is 0 Å². The van der Waals surface area contributed by atoms with Gasteiger partial charge in [0.2, 0.25) is 5.91 Å². The Morgan fingerprint density at radius 3 is 2.20 bits per heavy atom. The van der Waals surface area contributed by atoms with Gasteiger partial charge in [-0.3, -0.25) is 4.79 Å². The molecule has 0 spiro atoms. The normalized spacial score (nSPS) is 17.0. The van der Waals surface area contributed by atoms with Crippen molar-refractivity contribution in [2.45, 2.75) is 52.5 Å². The molecule has 1 aliphatic heterocycles. The molecule has 3 N–H and O–H groups in total. The highest BCUT2D eigenvalue weighted by atomic mass is 16.4. The minimum absolute atomic E-state index is 0.273. The van der Waals surface area contributed by atoms with Crippen LogP contribution in [0.2, 0.25) is 0 Å². The lowest BCUT2D eigenvalue weighted by molar-refractivity contribution is -0.159. The number of carboxylic acid groups (broad SMARTS) is 2. The van der Waals surface area contributed by atoms with E-state index in [1.54, 1.807) is 0 Å². The maximum atomic E-state index is 12.1. The van der Waals surface area contributed by atoms with Crippen LogP contribution < -0.4 is 5.32 Å². The minimum atomic E-state index is -1.82. The quantitative estimate of drug-likeness (QED) is 0.435. The van der Waals surface area contributed by atoms with Crippen LogP contribution in [0.5, 0.6) is 0 Å². The molecule has 1 fully saturated rings. The summed E-state index contributed by atoms with van der Waals surface area (Å²) < 4.78 is 0. The van der Waals surface area contributed by atoms with Gasteiger partial charge in [-0.2, -0.15) is 0 Å². The average Bonchev–Trinajstić information content (AvgIpc) is 2.58. The number of hydrogen-bond donors (Lipinski definition) is 3. The molecule has 0 aromatic carbocycles. The summed E-state index contributed by atoms with van der Waals surface area (Å²) in [6, 6.07) is 0.429. The predicted molar refractivity (Wildman–Crippen MR) is 95.6 cm³/mol. The van der Waals surface area contributed by atoms with Gasteiger partial charge in [-0.15, -0.1) is 0 Å². The molecule has 0 saturated carbocycles. The zero-order valence-electron chi connectivity index (χ0n) is 15.7. The molecular weight excluding hydrogens is 326 g/mol. The van der Waals surface area contributed by atoms with Gasteiger partial charge in [-0.05, 0) is 58.8 Å². The van der Waals surface area contributed by atoms with Crippen LogP contribution in [0.3, 0.4) is 0 Å². The number of carbonyl (C=O) groups is 3. The van der Waals surface area contributed by atoms with E-state index in [-0.39, 0.29) is 5.91 Å². The highest BCUT2D eigenvalue weighted by molar-refractivity contribution is 6.27. The molecule has 1 rings (SSSR count). The van der Waals surface area contributed by atoms with Gasteiger partial charge in [-0.25, -0.2) is 9.59 Å². The molecule has 1 aliphatic rings. The SMILES string of the molecule is CCN(CC)CCCNCC(=O)N1CCCCC1C.O=C(O)C(=O)O. The van der Waals surface area contributed by atoms with Gasteiger partial charge in [0, 0.05) is 12.6 Å². The maximum absolute atomic E-state index is 12.1. The second-order valence-electron chi connectivity index (χ2n) is 6.10. The zero-order chi connectivity index (χ0) is 19.2. The number of rotatable bonds is 8. The molecule has 0 radical (unpaired) electrons. The second kappa shape index (κ2) is 13.6. The second-order valence-corrected chi connectivity index (χ2v) is 6.10. The summed E-state index contributed by atoms with van der Waals surface area (Å²) in [5.41, 5.74) is 0. The van der Waals surface area contributed by atoms with Crippen molar-refractivity contribution in [1.82, 2.24) is 15.1 Å². The third-order valence-corrected chi connectivity index (χ3v) is 4.30. The lowest BCUT2D eigenvalue weighted by Gasteiger charge is -2.33. The highest BCUT2D eigenvalue weighted by Gasteiger charge is 2.22. The summed E-state index contributed by atoms with van der Waals surface area (Å²) >= 11 is 0. The number of piperidine rings is 1. The first-order valence-electron chi connectivity index (χ1n) is 9.02. The van der Waals surface area contributed by atoms with E-state index in [2.05, 4.69) is 31.0 Å². The topological polar surface area (TPSA) is 110 Å². The molecule has 1 unspecified atom stereocenters. The van der Waals surface area contributed by atoms with Crippen LogP contribution in [0.25, 0.3) is 0 Å². The Morgan fingerprint density at radius 2 is 1.72 bits per heavy atom. The molecule has 0 bridgehead atoms. The Hall–Kier alpha value is -1.67. The van der Waals surface area contributed by atoms with Crippen molar-refractivity contribution in [3.05, 3.63) is 0 Å². The number of aliphatic carboxylic acids is 2. The van der Waals surface area contributed by atoms with Crippen molar-refractivity contribution in [1.29, 1.82) is 0 Å². The number of likely N-dealkylation sites (tertiary alicyclic amines) is 1. The Bertz CT molecular complexity index is 401. The van der Waals surface area contributed by atoms with Crippen molar-refractivity contribution in [3.8, 4) is 0 Å². The van der Waals surface area contributed by atoms with Crippen LogP contribution >= 0.6 is 0 Å². The van der Waals surface area contributed by atoms with Gasteiger partial charge in [0.1, 0.15) is 0 Å². The van der Waals surface area contributed by atoms with Crippen LogP contribution in [-0.2, 0) is 14.4 Å². The summed E-state index contributed by atoms with van der Waals surface area (Å²) in [4.78, 5) is 34.7. The van der Waals surface area contributed by atoms with Gasteiger partial charge in [0.25, 0.3) is 0 Å². The fourth-order valence-electron chi connectivity index (χ4n) is 2.73. The Balaban J connectivity index is 0.000000823. The fraction of sp³-hybridized carbons (Fsp3) is 0.824. The summed E-state index contributed by atoms with van der Waals surface area (Å²) in [6.07, 6.45) is 4.71. The van der Waals surface area contributed by atoms with Crippen molar-refractivity contribution >= 4 is 17.8 Å². The van der Waals surface area contributed by atoms with Crippen molar-refractivity contribution in [3.63, 3.8) is 0 Å². The third kappa shape index (κ3) is 10.7. The van der Waals surface area contributed by atoms with Crippen LogP contribution in [0.15, 0.2) is 0 Å². The van der Waals surface area contributed by atoms with E-state index in [4.69, 9.17) is 19.8 Å². The Kier molecular flexibility index (Phi) is 12.7. The molecule has 1 heterocycles. The molecule has 1 amide bonds. The molecule has 0 aliphatic carbocycles. The van der Waals surface area contributed by atoms with E-state index in [0.717, 1.165) is 52.0 Å². The van der Waals surface area contributed by atoms with Gasteiger partial charge < -0.3 is 25.3 Å². The molecule has 25 heavy (non-hydrogen) atoms. The lowest BCUT2D eigenvalue weighted by Crippen LogP contribution is -2.46. The van der Waals surface area contributed by atoms with E-state index < -0.39 is 11.9 Å². The third-order valence-electron chi connectivity index (χ3n) is 4.30. The van der Waals surface area contributed by atoms with Crippen LogP contribution in [0.1, 0.15) is 46.5 Å². The molecule has 8 nitrogen and oxygen atoms in total. The van der Waals surface area contributed by atoms with Crippen molar-refractivity contribution in [2.75, 3.05) is 39.3 Å². The predicted octanol–water partition coefficient (Wildman–Crippen LogP) is 0.865. The molecule has 0 aromatic rings. The summed E-state index contributed by atoms with van der Waals surface area (Å²) in [5, 5.41) is 18.1. The van der Waals surface area contributed by atoms with E-state index in [9.17, 15) is 4.79 Å². The summed E-state index contributed by atoms with van der Waals surface area (Å²) in [7, 11) is 0. The van der Waals surface area contributed by atoms with E-state index in [1.807, 2.05) is 4.90 Å². The molecule has 0 aromatic heterocycles. The first kappa shape index (κ1) is 23.3. The zero-order valence-corrected chi connectivity index (χ0v) is 15.7. The number of nitrogens with one attached hydrogen (secondary N) is 1. The lowest BCUT2D eigenvalue weighted by atomic mass is 10.0. The number of amides is 1. The minimum Gasteiger partial charge on any atom is -0.473 e. The molecular formula is C17H33N3O5. The fourth-order valence-corrected chi connectivity index (χ4v) is 2.73. The van der Waals surface area contributed by atoms with Gasteiger partial charge >= 0.3 is 11.9 Å². The van der Waals surface area contributed by atoms with Crippen LogP contribution in [0.4, 0.5) is 0 Å². The largest absolute Gasteiger partial charge is 0.473 e. The number of carbonyl (C=O) groups excluding carboxylic acids is 1. The number of carboxylic acids is 2. The smallest absolute Gasteiger partial charge is 0.414 e. The first-order valence-corrected chi connectivity index (χ1v) is 9.02. The molecule has 8 heteroatoms. The standard InChI is InChI=1S/C15H31N3O.C2H2O4/c1-4-17(5-2)11-8-10-16-13-15(19)18-12-7-6-9-14(18)3;3-1(4)2(5)6/h14,16H,4-13H2,1-3H3;(H,3,4)(H,5,6). The summed E-state index contributed by atoms with van der Waals surface area (Å²) in [5.74, 6) is -3.37. The van der Waals surface area contributed by atoms with Crippen molar-refractivity contribution in [2.24, 2.45) is 0 Å². The van der Waals surface area contributed by atoms with E-state index in [1.165, 1.54) is 6.42 Å². The van der Waals surface area contributed by atoms with Gasteiger partial charge in [0.15, 0.2) is 0 Å². The maximum Gasteiger partial charge on any atom is 0.414 e. The first-order chi connectivity index (χ1) is 11.8. The van der Waals surface area contributed by atoms with E-state index >= 15 is 0 Å². The van der Waals surface area contributed by atoms with Crippen molar-refractivity contribution < 1.29 is 24.6 Å².